The number of nitrogens with zero attached hydrogens (tertiary/aromatic N) is 2. The molecule has 0 atom stereocenters. The summed E-state index contributed by atoms with van der Waals surface area (Å²) in [6.07, 6.45) is 6.77. The quantitative estimate of drug-likeness (QED) is 0.195. The molecule has 0 fully saturated rings. The number of hydrogen-bond acceptors (Lipinski definition) is 2. The van der Waals surface area contributed by atoms with Gasteiger partial charge in [-0.1, -0.05) is 97.1 Å². The molecule has 0 saturated carbocycles. The van der Waals surface area contributed by atoms with Crippen LogP contribution >= 0.6 is 0 Å². The van der Waals surface area contributed by atoms with E-state index < -0.39 is 0 Å². The number of para-hydroxylation sites is 2. The lowest BCUT2D eigenvalue weighted by Gasteiger charge is -2.20. The lowest BCUT2D eigenvalue weighted by molar-refractivity contribution is 0.614. The van der Waals surface area contributed by atoms with Crippen LogP contribution in [0.1, 0.15) is 24.0 Å². The van der Waals surface area contributed by atoms with Crippen LogP contribution < -0.4 is 0 Å². The van der Waals surface area contributed by atoms with E-state index in [0.29, 0.717) is 17.0 Å². The summed E-state index contributed by atoms with van der Waals surface area (Å²) in [6, 6.07) is 47.5. The zero-order valence-electron chi connectivity index (χ0n) is 25.5. The van der Waals surface area contributed by atoms with E-state index in [0.717, 1.165) is 29.7 Å². The molecule has 3 nitrogen and oxygen atoms in total. The van der Waals surface area contributed by atoms with Gasteiger partial charge in [-0.15, -0.1) is 0 Å². The van der Waals surface area contributed by atoms with E-state index in [4.69, 9.17) is 4.42 Å². The molecule has 6 aromatic carbocycles. The van der Waals surface area contributed by atoms with Gasteiger partial charge < -0.3 is 8.98 Å². The molecule has 0 saturated heterocycles. The molecule has 0 radical (unpaired) electrons. The number of allylic oxidation sites excluding steroid dienone is 4. The molecular formula is C43H29FN2O. The molecule has 0 N–H and O–H groups in total. The third-order valence-corrected chi connectivity index (χ3v) is 9.18. The third-order valence-electron chi connectivity index (χ3n) is 9.18. The van der Waals surface area contributed by atoms with E-state index in [1.54, 1.807) is 6.07 Å². The van der Waals surface area contributed by atoms with Crippen LogP contribution in [0.2, 0.25) is 0 Å². The molecule has 47 heavy (non-hydrogen) atoms. The Hall–Kier alpha value is -6.00. The van der Waals surface area contributed by atoms with E-state index in [1.165, 1.54) is 61.8 Å². The zero-order chi connectivity index (χ0) is 31.3. The largest absolute Gasteiger partial charge is 0.436 e. The van der Waals surface area contributed by atoms with Gasteiger partial charge in [0.25, 0.3) is 0 Å². The molecule has 0 bridgehead atoms. The Morgan fingerprint density at radius 2 is 1.15 bits per heavy atom. The van der Waals surface area contributed by atoms with Gasteiger partial charge in [0.1, 0.15) is 11.3 Å². The van der Waals surface area contributed by atoms with Gasteiger partial charge in [0.05, 0.1) is 11.0 Å². The Labute approximate surface area is 271 Å². The number of fused-ring (bicyclic) bond motifs is 4. The topological polar surface area (TPSA) is 31.0 Å². The van der Waals surface area contributed by atoms with Crippen LogP contribution in [0.3, 0.4) is 0 Å². The number of benzene rings is 6. The van der Waals surface area contributed by atoms with Crippen molar-refractivity contribution < 1.29 is 8.81 Å². The maximum Gasteiger partial charge on any atom is 0.227 e. The van der Waals surface area contributed by atoms with Gasteiger partial charge in [-0.2, -0.15) is 0 Å². The SMILES string of the molecule is Fc1ccc2oc(-c3ccc(-c4ccccc4C4=CCCC=C4c4ccc(-n5c6ccccc6c6ccccc65)cc4)cc3)nc2c1. The highest BCUT2D eigenvalue weighted by molar-refractivity contribution is 6.10. The second-order valence-electron chi connectivity index (χ2n) is 12.0. The number of rotatable bonds is 5. The van der Waals surface area contributed by atoms with E-state index in [1.807, 2.05) is 12.1 Å². The van der Waals surface area contributed by atoms with Gasteiger partial charge in [-0.25, -0.2) is 9.37 Å². The smallest absolute Gasteiger partial charge is 0.227 e. The molecule has 8 aromatic rings. The fourth-order valence-electron chi connectivity index (χ4n) is 6.98. The minimum atomic E-state index is -0.325. The molecule has 0 spiro atoms. The molecular weight excluding hydrogens is 579 g/mol. The molecule has 0 unspecified atom stereocenters. The minimum absolute atomic E-state index is 0.325. The van der Waals surface area contributed by atoms with Gasteiger partial charge >= 0.3 is 0 Å². The van der Waals surface area contributed by atoms with Crippen LogP contribution in [0, 0.1) is 5.82 Å². The van der Waals surface area contributed by atoms with Gasteiger partial charge in [0.2, 0.25) is 5.89 Å². The zero-order valence-corrected chi connectivity index (χ0v) is 25.5. The maximum atomic E-state index is 13.7. The van der Waals surface area contributed by atoms with Crippen molar-refractivity contribution >= 4 is 44.1 Å². The average Bonchev–Trinajstić information content (AvgIpc) is 3.71. The summed E-state index contributed by atoms with van der Waals surface area (Å²) in [7, 11) is 0. The van der Waals surface area contributed by atoms with Crippen LogP contribution in [0.4, 0.5) is 4.39 Å². The van der Waals surface area contributed by atoms with Crippen molar-refractivity contribution in [1.82, 2.24) is 9.55 Å². The maximum absolute atomic E-state index is 13.7. The average molecular weight is 609 g/mol. The summed E-state index contributed by atoms with van der Waals surface area (Å²) in [5.41, 5.74) is 12.7. The van der Waals surface area contributed by atoms with Crippen LogP contribution in [-0.2, 0) is 0 Å². The highest BCUT2D eigenvalue weighted by atomic mass is 19.1. The Bertz CT molecular complexity index is 2460. The summed E-state index contributed by atoms with van der Waals surface area (Å²) >= 11 is 0. The minimum Gasteiger partial charge on any atom is -0.436 e. The predicted molar refractivity (Wildman–Crippen MR) is 191 cm³/mol. The highest BCUT2D eigenvalue weighted by Gasteiger charge is 2.18. The van der Waals surface area contributed by atoms with Gasteiger partial charge in [-0.05, 0) is 94.8 Å². The first-order chi connectivity index (χ1) is 23.2. The first kappa shape index (κ1) is 27.3. The fourth-order valence-corrected chi connectivity index (χ4v) is 6.98. The number of aromatic nitrogens is 2. The molecule has 4 heteroatoms. The Morgan fingerprint density at radius 3 is 1.87 bits per heavy atom. The Morgan fingerprint density at radius 1 is 0.553 bits per heavy atom. The molecule has 1 aliphatic rings. The van der Waals surface area contributed by atoms with E-state index in [9.17, 15) is 4.39 Å². The normalized spacial score (nSPS) is 13.3. The van der Waals surface area contributed by atoms with Crippen LogP contribution in [0.5, 0.6) is 0 Å². The van der Waals surface area contributed by atoms with E-state index >= 15 is 0 Å². The first-order valence-corrected chi connectivity index (χ1v) is 16.0. The van der Waals surface area contributed by atoms with Crippen LogP contribution in [0.15, 0.2) is 156 Å². The lowest BCUT2D eigenvalue weighted by Crippen LogP contribution is -1.99. The molecule has 0 aliphatic heterocycles. The third kappa shape index (κ3) is 4.69. The van der Waals surface area contributed by atoms with Gasteiger partial charge in [-0.3, -0.25) is 0 Å². The van der Waals surface area contributed by atoms with E-state index in [-0.39, 0.29) is 5.82 Å². The van der Waals surface area contributed by atoms with Crippen molar-refractivity contribution in [2.75, 3.05) is 0 Å². The molecule has 9 rings (SSSR count). The Balaban J connectivity index is 1.06. The lowest BCUT2D eigenvalue weighted by atomic mass is 9.84. The van der Waals surface area contributed by atoms with Gasteiger partial charge in [0, 0.05) is 28.1 Å². The Kier molecular flexibility index (Phi) is 6.46. The molecule has 2 aromatic heterocycles. The monoisotopic (exact) mass is 608 g/mol. The second kappa shape index (κ2) is 11.1. The molecule has 1 aliphatic carbocycles. The summed E-state index contributed by atoms with van der Waals surface area (Å²) < 4.78 is 22.0. The summed E-state index contributed by atoms with van der Waals surface area (Å²) in [6.45, 7) is 0. The molecule has 224 valence electrons. The van der Waals surface area contributed by atoms with Crippen molar-refractivity contribution in [2.24, 2.45) is 0 Å². The van der Waals surface area contributed by atoms with Gasteiger partial charge in [0.15, 0.2) is 5.58 Å². The fraction of sp³-hybridized carbons (Fsp3) is 0.0465. The number of hydrogen-bond donors (Lipinski definition) is 0. The van der Waals surface area contributed by atoms with E-state index in [2.05, 4.69) is 131 Å². The van der Waals surface area contributed by atoms with Crippen molar-refractivity contribution in [2.45, 2.75) is 12.8 Å². The molecule has 2 heterocycles. The second-order valence-corrected chi connectivity index (χ2v) is 12.0. The summed E-state index contributed by atoms with van der Waals surface area (Å²) in [4.78, 5) is 4.51. The standard InChI is InChI=1S/C43H29FN2O/c44-31-23-26-42-39(27-31)45-43(47-42)30-19-17-28(18-20-30)33-9-1-3-11-35(33)36-12-4-2-10-34(36)29-21-24-32(25-22-29)46-40-15-7-5-13-37(40)38-14-6-8-16-41(38)46/h1,3,5-27H,2,4H2. The number of oxazole rings is 1. The highest BCUT2D eigenvalue weighted by Crippen LogP contribution is 2.41. The number of halogens is 1. The van der Waals surface area contributed by atoms with Crippen LogP contribution in [0.25, 0.3) is 72.3 Å². The summed E-state index contributed by atoms with van der Waals surface area (Å²) in [5.74, 6) is 0.156. The molecule has 0 amide bonds. The van der Waals surface area contributed by atoms with Crippen molar-refractivity contribution in [3.8, 4) is 28.3 Å². The summed E-state index contributed by atoms with van der Waals surface area (Å²) in [5, 5.41) is 2.53. The van der Waals surface area contributed by atoms with Crippen molar-refractivity contribution in [1.29, 1.82) is 0 Å². The van der Waals surface area contributed by atoms with Crippen LogP contribution in [-0.4, -0.2) is 9.55 Å². The van der Waals surface area contributed by atoms with Crippen molar-refractivity contribution in [3.05, 3.63) is 169 Å². The predicted octanol–water partition coefficient (Wildman–Crippen LogP) is 11.7. The van der Waals surface area contributed by atoms with Crippen molar-refractivity contribution in [3.63, 3.8) is 0 Å². The first-order valence-electron chi connectivity index (χ1n) is 16.0.